The molecule has 6 heteroatoms. The van der Waals surface area contributed by atoms with Gasteiger partial charge in [0.15, 0.2) is 0 Å². The van der Waals surface area contributed by atoms with Gasteiger partial charge in [-0.3, -0.25) is 9.59 Å². The number of methoxy groups -OCH3 is 1. The zero-order valence-corrected chi connectivity index (χ0v) is 12.6. The number of carbonyl (C=O) groups is 2. The molecule has 110 valence electrons. The van der Waals surface area contributed by atoms with E-state index in [0.29, 0.717) is 23.6 Å². The van der Waals surface area contributed by atoms with E-state index in [1.165, 1.54) is 11.8 Å². The molecule has 5 nitrogen and oxygen atoms in total. The normalized spacial score (nSPS) is 11.9. The first-order valence-corrected chi connectivity index (χ1v) is 7.08. The number of hydrogen-bond donors (Lipinski definition) is 1. The number of likely N-dealkylation sites (N-methyl/N-ethyl adjacent to an activating group) is 1. The summed E-state index contributed by atoms with van der Waals surface area (Å²) in [5.41, 5.74) is 0.518. The van der Waals surface area contributed by atoms with Gasteiger partial charge in [-0.1, -0.05) is 12.1 Å². The van der Waals surface area contributed by atoms with E-state index in [4.69, 9.17) is 9.84 Å². The van der Waals surface area contributed by atoms with Gasteiger partial charge in [-0.2, -0.15) is 0 Å². The number of nitrogens with zero attached hydrogens (tertiary/aromatic N) is 1. The molecule has 1 unspecified atom stereocenters. The molecule has 1 N–H and O–H groups in total. The number of benzene rings is 1. The molecule has 20 heavy (non-hydrogen) atoms. The third-order valence-electron chi connectivity index (χ3n) is 2.75. The van der Waals surface area contributed by atoms with Crippen LogP contribution in [-0.4, -0.2) is 54.4 Å². The Labute approximate surface area is 122 Å². The van der Waals surface area contributed by atoms with Crippen LogP contribution in [0.15, 0.2) is 29.2 Å². The van der Waals surface area contributed by atoms with E-state index in [0.717, 1.165) is 0 Å². The van der Waals surface area contributed by atoms with Crippen molar-refractivity contribution in [3.05, 3.63) is 29.8 Å². The predicted octanol–water partition coefficient (Wildman–Crippen LogP) is 1.97. The third-order valence-corrected chi connectivity index (χ3v) is 3.91. The lowest BCUT2D eigenvalue weighted by Crippen LogP contribution is -2.30. The Balaban J connectivity index is 2.89. The Kier molecular flexibility index (Phi) is 6.54. The molecule has 1 amide bonds. The van der Waals surface area contributed by atoms with Crippen LogP contribution in [0.3, 0.4) is 0 Å². The maximum absolute atomic E-state index is 12.3. The molecule has 0 aliphatic carbocycles. The van der Waals surface area contributed by atoms with Crippen LogP contribution >= 0.6 is 11.8 Å². The van der Waals surface area contributed by atoms with Gasteiger partial charge in [0.25, 0.3) is 5.91 Å². The monoisotopic (exact) mass is 297 g/mol. The highest BCUT2D eigenvalue weighted by Gasteiger charge is 2.19. The largest absolute Gasteiger partial charge is 0.480 e. The summed E-state index contributed by atoms with van der Waals surface area (Å²) in [4.78, 5) is 25.5. The zero-order chi connectivity index (χ0) is 15.1. The zero-order valence-electron chi connectivity index (χ0n) is 11.8. The number of carboxylic acids is 1. The van der Waals surface area contributed by atoms with Gasteiger partial charge in [0.1, 0.15) is 5.25 Å². The van der Waals surface area contributed by atoms with E-state index < -0.39 is 11.2 Å². The van der Waals surface area contributed by atoms with Crippen molar-refractivity contribution >= 4 is 23.6 Å². The first-order valence-electron chi connectivity index (χ1n) is 6.20. The van der Waals surface area contributed by atoms with Crippen molar-refractivity contribution in [2.75, 3.05) is 27.3 Å². The second kappa shape index (κ2) is 7.91. The molecule has 1 aromatic rings. The molecular formula is C14H19NO4S. The average Bonchev–Trinajstić information content (AvgIpc) is 2.44. The molecule has 0 bridgehead atoms. The number of carbonyl (C=O) groups excluding carboxylic acids is 1. The molecule has 0 saturated carbocycles. The van der Waals surface area contributed by atoms with E-state index >= 15 is 0 Å². The van der Waals surface area contributed by atoms with E-state index in [2.05, 4.69) is 0 Å². The molecule has 0 heterocycles. The summed E-state index contributed by atoms with van der Waals surface area (Å²) in [5.74, 6) is -1.03. The van der Waals surface area contributed by atoms with Gasteiger partial charge < -0.3 is 14.7 Å². The second-order valence-corrected chi connectivity index (χ2v) is 5.70. The molecule has 0 spiro atoms. The molecular weight excluding hydrogens is 278 g/mol. The minimum Gasteiger partial charge on any atom is -0.480 e. The number of hydrogen-bond acceptors (Lipinski definition) is 4. The van der Waals surface area contributed by atoms with Gasteiger partial charge in [-0.05, 0) is 19.1 Å². The van der Waals surface area contributed by atoms with Crippen molar-refractivity contribution < 1.29 is 19.4 Å². The third kappa shape index (κ3) is 4.54. The Hall–Kier alpha value is -1.53. The second-order valence-electron chi connectivity index (χ2n) is 4.31. The van der Waals surface area contributed by atoms with Gasteiger partial charge in [0.2, 0.25) is 0 Å². The molecule has 0 aromatic heterocycles. The van der Waals surface area contributed by atoms with Crippen molar-refractivity contribution in [1.82, 2.24) is 4.90 Å². The van der Waals surface area contributed by atoms with Crippen LogP contribution in [0.4, 0.5) is 0 Å². The van der Waals surface area contributed by atoms with Gasteiger partial charge in [0.05, 0.1) is 12.2 Å². The number of thioether (sulfide) groups is 1. The van der Waals surface area contributed by atoms with Crippen molar-refractivity contribution in [3.63, 3.8) is 0 Å². The highest BCUT2D eigenvalue weighted by molar-refractivity contribution is 8.00. The summed E-state index contributed by atoms with van der Waals surface area (Å²) in [6.07, 6.45) is 0. The van der Waals surface area contributed by atoms with E-state index in [1.54, 1.807) is 50.2 Å². The van der Waals surface area contributed by atoms with E-state index in [-0.39, 0.29) is 5.91 Å². The first-order chi connectivity index (χ1) is 9.47. The summed E-state index contributed by atoms with van der Waals surface area (Å²) in [6.45, 7) is 2.55. The molecule has 1 atom stereocenters. The summed E-state index contributed by atoms with van der Waals surface area (Å²) >= 11 is 1.17. The van der Waals surface area contributed by atoms with E-state index in [1.807, 2.05) is 0 Å². The summed E-state index contributed by atoms with van der Waals surface area (Å²) in [6, 6.07) is 7.04. The average molecular weight is 297 g/mol. The number of rotatable bonds is 7. The van der Waals surface area contributed by atoms with Crippen LogP contribution in [0.2, 0.25) is 0 Å². The fourth-order valence-electron chi connectivity index (χ4n) is 1.52. The Morgan fingerprint density at radius 2 is 2.05 bits per heavy atom. The summed E-state index contributed by atoms with van der Waals surface area (Å²) in [5, 5.41) is 8.36. The number of carboxylic acid groups (broad SMARTS) is 1. The molecule has 0 aliphatic heterocycles. The number of ether oxygens (including phenoxy) is 1. The van der Waals surface area contributed by atoms with Gasteiger partial charge in [-0.25, -0.2) is 0 Å². The van der Waals surface area contributed by atoms with Crippen molar-refractivity contribution in [1.29, 1.82) is 0 Å². The van der Waals surface area contributed by atoms with E-state index in [9.17, 15) is 9.59 Å². The molecule has 0 radical (unpaired) electrons. The lowest BCUT2D eigenvalue weighted by Gasteiger charge is -2.19. The summed E-state index contributed by atoms with van der Waals surface area (Å²) in [7, 11) is 3.28. The molecule has 0 aliphatic rings. The molecule has 1 aromatic carbocycles. The quantitative estimate of drug-likeness (QED) is 0.779. The first kappa shape index (κ1) is 16.5. The van der Waals surface area contributed by atoms with Crippen LogP contribution < -0.4 is 0 Å². The van der Waals surface area contributed by atoms with Crippen LogP contribution in [0.1, 0.15) is 17.3 Å². The van der Waals surface area contributed by atoms with Crippen molar-refractivity contribution in [2.45, 2.75) is 17.1 Å². The van der Waals surface area contributed by atoms with Crippen LogP contribution in [0.25, 0.3) is 0 Å². The Bertz CT molecular complexity index is 478. The minimum absolute atomic E-state index is 0.136. The fourth-order valence-corrected chi connectivity index (χ4v) is 2.44. The van der Waals surface area contributed by atoms with Crippen LogP contribution in [0, 0.1) is 0 Å². The Morgan fingerprint density at radius 1 is 1.40 bits per heavy atom. The van der Waals surface area contributed by atoms with Crippen LogP contribution in [-0.2, 0) is 9.53 Å². The lowest BCUT2D eigenvalue weighted by molar-refractivity contribution is -0.136. The molecule has 1 rings (SSSR count). The molecule has 0 saturated heterocycles. The van der Waals surface area contributed by atoms with Gasteiger partial charge in [0, 0.05) is 25.6 Å². The highest BCUT2D eigenvalue weighted by atomic mass is 32.2. The lowest BCUT2D eigenvalue weighted by atomic mass is 10.2. The van der Waals surface area contributed by atoms with Gasteiger partial charge in [-0.15, -0.1) is 11.8 Å². The standard InChI is InChI=1S/C14H19NO4S/c1-10(14(17)18)20-12-7-5-4-6-11(12)13(16)15(2)8-9-19-3/h4-7,10H,8-9H2,1-3H3,(H,17,18). The Morgan fingerprint density at radius 3 is 2.65 bits per heavy atom. The van der Waals surface area contributed by atoms with Gasteiger partial charge >= 0.3 is 5.97 Å². The van der Waals surface area contributed by atoms with Crippen molar-refractivity contribution in [3.8, 4) is 0 Å². The molecule has 0 fully saturated rings. The maximum Gasteiger partial charge on any atom is 0.316 e. The van der Waals surface area contributed by atoms with Crippen LogP contribution in [0.5, 0.6) is 0 Å². The van der Waals surface area contributed by atoms with Crippen molar-refractivity contribution in [2.24, 2.45) is 0 Å². The highest BCUT2D eigenvalue weighted by Crippen LogP contribution is 2.27. The number of aliphatic carboxylic acids is 1. The fraction of sp³-hybridized carbons (Fsp3) is 0.429. The maximum atomic E-state index is 12.3. The number of amides is 1. The topological polar surface area (TPSA) is 66.8 Å². The smallest absolute Gasteiger partial charge is 0.316 e. The minimum atomic E-state index is -0.898. The summed E-state index contributed by atoms with van der Waals surface area (Å²) < 4.78 is 4.95. The SMILES string of the molecule is COCCN(C)C(=O)c1ccccc1SC(C)C(=O)O. The predicted molar refractivity (Wildman–Crippen MR) is 78.2 cm³/mol.